The van der Waals surface area contributed by atoms with Gasteiger partial charge in [-0.3, -0.25) is 4.79 Å². The number of hydrogen-bond donors (Lipinski definition) is 0. The lowest BCUT2D eigenvalue weighted by molar-refractivity contribution is -0.143. The Kier molecular flexibility index (Phi) is 2.13. The largest absolute Gasteiger partial charge is 0.299 e. The standard InChI is InChI=1S/C12H17NO2/c1-11(2)4-8-5-12(3,13-7-14)10(8)9(15)6-11/h8,10H,4-6H2,1-3H3/t8-,10+,12+/m0/s1. The summed E-state index contributed by atoms with van der Waals surface area (Å²) in [7, 11) is 0. The molecule has 3 atom stereocenters. The number of hydrogen-bond acceptors (Lipinski definition) is 3. The van der Waals surface area contributed by atoms with Crippen molar-refractivity contribution in [3.8, 4) is 0 Å². The van der Waals surface area contributed by atoms with Crippen LogP contribution in [-0.4, -0.2) is 17.4 Å². The molecule has 0 radical (unpaired) electrons. The molecule has 2 aliphatic carbocycles. The van der Waals surface area contributed by atoms with Crippen molar-refractivity contribution in [1.82, 2.24) is 0 Å². The fourth-order valence-electron chi connectivity index (χ4n) is 3.51. The highest BCUT2D eigenvalue weighted by atomic mass is 16.1. The Hall–Kier alpha value is -0.950. The Labute approximate surface area is 90.0 Å². The van der Waals surface area contributed by atoms with Crippen LogP contribution < -0.4 is 0 Å². The Bertz CT molecular complexity index is 355. The molecular weight excluding hydrogens is 190 g/mol. The predicted octanol–water partition coefficient (Wildman–Crippen LogP) is 2.11. The fraction of sp³-hybridized carbons (Fsp3) is 0.833. The minimum atomic E-state index is -0.444. The van der Waals surface area contributed by atoms with Crippen LogP contribution in [0.1, 0.15) is 40.0 Å². The monoisotopic (exact) mass is 207 g/mol. The third-order valence-corrected chi connectivity index (χ3v) is 3.93. The molecule has 0 aromatic heterocycles. The van der Waals surface area contributed by atoms with Crippen LogP contribution in [0.15, 0.2) is 4.99 Å². The summed E-state index contributed by atoms with van der Waals surface area (Å²) >= 11 is 0. The first-order valence-electron chi connectivity index (χ1n) is 5.50. The number of carbonyl (C=O) groups excluding carboxylic acids is 2. The van der Waals surface area contributed by atoms with Gasteiger partial charge >= 0.3 is 0 Å². The van der Waals surface area contributed by atoms with Gasteiger partial charge in [-0.05, 0) is 31.1 Å². The average molecular weight is 207 g/mol. The van der Waals surface area contributed by atoms with Gasteiger partial charge in [-0.1, -0.05) is 13.8 Å². The van der Waals surface area contributed by atoms with E-state index in [-0.39, 0.29) is 17.1 Å². The summed E-state index contributed by atoms with van der Waals surface area (Å²) in [5.74, 6) is 0.694. The van der Waals surface area contributed by atoms with Crippen LogP contribution in [0.25, 0.3) is 0 Å². The van der Waals surface area contributed by atoms with Gasteiger partial charge in [0, 0.05) is 12.3 Å². The average Bonchev–Trinajstić information content (AvgIpc) is 1.98. The van der Waals surface area contributed by atoms with Crippen molar-refractivity contribution in [3.63, 3.8) is 0 Å². The second-order valence-electron chi connectivity index (χ2n) is 6.01. The third-order valence-electron chi connectivity index (χ3n) is 3.93. The molecule has 0 aliphatic heterocycles. The number of isocyanates is 1. The van der Waals surface area contributed by atoms with E-state index in [1.54, 1.807) is 6.08 Å². The highest BCUT2D eigenvalue weighted by Crippen LogP contribution is 2.56. The molecule has 0 N–H and O–H groups in total. The van der Waals surface area contributed by atoms with Gasteiger partial charge in [-0.2, -0.15) is 4.99 Å². The molecule has 2 rings (SSSR count). The zero-order valence-corrected chi connectivity index (χ0v) is 9.54. The summed E-state index contributed by atoms with van der Waals surface area (Å²) in [5, 5.41) is 0. The Morgan fingerprint density at radius 3 is 2.53 bits per heavy atom. The minimum absolute atomic E-state index is 0.0213. The van der Waals surface area contributed by atoms with E-state index in [4.69, 9.17) is 0 Å². The van der Waals surface area contributed by atoms with Crippen molar-refractivity contribution in [3.05, 3.63) is 0 Å². The highest BCUT2D eigenvalue weighted by molar-refractivity contribution is 5.85. The molecule has 3 heteroatoms. The normalized spacial score (nSPS) is 42.5. The maximum atomic E-state index is 12.0. The Balaban J connectivity index is 2.21. The summed E-state index contributed by atoms with van der Waals surface area (Å²) in [4.78, 5) is 26.1. The lowest BCUT2D eigenvalue weighted by atomic mass is 9.50. The lowest BCUT2D eigenvalue weighted by Crippen LogP contribution is -2.58. The molecule has 3 nitrogen and oxygen atoms in total. The molecule has 2 fully saturated rings. The fourth-order valence-corrected chi connectivity index (χ4v) is 3.51. The van der Waals surface area contributed by atoms with Gasteiger partial charge in [0.25, 0.3) is 0 Å². The van der Waals surface area contributed by atoms with Gasteiger partial charge < -0.3 is 0 Å². The van der Waals surface area contributed by atoms with Crippen LogP contribution in [0.5, 0.6) is 0 Å². The number of Topliss-reactive ketones (excluding diaryl/α,β-unsaturated/α-hetero) is 1. The molecule has 0 spiro atoms. The first kappa shape index (κ1) is 10.6. The summed E-state index contributed by atoms with van der Waals surface area (Å²) in [6, 6.07) is 0. The van der Waals surface area contributed by atoms with E-state index in [2.05, 4.69) is 18.8 Å². The van der Waals surface area contributed by atoms with Crippen LogP contribution in [0.2, 0.25) is 0 Å². The quantitative estimate of drug-likeness (QED) is 0.488. The molecule has 15 heavy (non-hydrogen) atoms. The van der Waals surface area contributed by atoms with E-state index in [9.17, 15) is 9.59 Å². The van der Waals surface area contributed by atoms with Crippen LogP contribution in [0, 0.1) is 17.3 Å². The van der Waals surface area contributed by atoms with Crippen molar-refractivity contribution < 1.29 is 9.59 Å². The third kappa shape index (κ3) is 1.55. The molecule has 0 amide bonds. The van der Waals surface area contributed by atoms with Crippen molar-refractivity contribution in [1.29, 1.82) is 0 Å². The Morgan fingerprint density at radius 2 is 2.00 bits per heavy atom. The molecule has 0 saturated heterocycles. The molecule has 0 aromatic carbocycles. The predicted molar refractivity (Wildman–Crippen MR) is 56.1 cm³/mol. The van der Waals surface area contributed by atoms with E-state index >= 15 is 0 Å². The van der Waals surface area contributed by atoms with Crippen molar-refractivity contribution >= 4 is 11.9 Å². The van der Waals surface area contributed by atoms with Crippen molar-refractivity contribution in [2.75, 3.05) is 0 Å². The maximum Gasteiger partial charge on any atom is 0.235 e. The molecule has 82 valence electrons. The Morgan fingerprint density at radius 1 is 1.33 bits per heavy atom. The van der Waals surface area contributed by atoms with E-state index in [1.165, 1.54) is 0 Å². The molecular formula is C12H17NO2. The highest BCUT2D eigenvalue weighted by Gasteiger charge is 2.58. The summed E-state index contributed by atoms with van der Waals surface area (Å²) in [6.07, 6.45) is 4.17. The van der Waals surface area contributed by atoms with Gasteiger partial charge in [0.15, 0.2) is 0 Å². The van der Waals surface area contributed by atoms with E-state index in [1.807, 2.05) is 6.92 Å². The first-order valence-corrected chi connectivity index (χ1v) is 5.50. The van der Waals surface area contributed by atoms with Gasteiger partial charge in [0.2, 0.25) is 6.08 Å². The molecule has 0 heterocycles. The second-order valence-corrected chi connectivity index (χ2v) is 6.01. The van der Waals surface area contributed by atoms with Crippen LogP contribution in [0.3, 0.4) is 0 Å². The molecule has 2 aliphatic rings. The smallest absolute Gasteiger partial charge is 0.235 e. The van der Waals surface area contributed by atoms with Crippen LogP contribution in [0.4, 0.5) is 0 Å². The molecule has 0 aromatic rings. The number of fused-ring (bicyclic) bond motifs is 1. The van der Waals surface area contributed by atoms with Crippen molar-refractivity contribution in [2.24, 2.45) is 22.2 Å². The zero-order valence-electron chi connectivity index (χ0n) is 9.54. The van der Waals surface area contributed by atoms with Crippen molar-refractivity contribution in [2.45, 2.75) is 45.6 Å². The minimum Gasteiger partial charge on any atom is -0.299 e. The topological polar surface area (TPSA) is 46.5 Å². The van der Waals surface area contributed by atoms with E-state index < -0.39 is 5.54 Å². The lowest BCUT2D eigenvalue weighted by Gasteiger charge is -2.54. The number of aliphatic imine (C=N–C) groups is 1. The SMILES string of the molecule is CC1(C)CC(=O)[C@H]2[C@@H](C1)C[C@@]2(C)N=C=O. The number of ketones is 1. The second kappa shape index (κ2) is 3.02. The van der Waals surface area contributed by atoms with E-state index in [0.717, 1.165) is 12.8 Å². The van der Waals surface area contributed by atoms with Gasteiger partial charge in [0.1, 0.15) is 5.78 Å². The van der Waals surface area contributed by atoms with Crippen LogP contribution in [-0.2, 0) is 9.59 Å². The molecule has 0 unspecified atom stereocenters. The van der Waals surface area contributed by atoms with E-state index in [0.29, 0.717) is 12.3 Å². The summed E-state index contributed by atoms with van der Waals surface area (Å²) < 4.78 is 0. The number of carbonyl (C=O) groups is 1. The molecule has 0 bridgehead atoms. The molecule has 2 saturated carbocycles. The van der Waals surface area contributed by atoms with Gasteiger partial charge in [-0.15, -0.1) is 0 Å². The number of rotatable bonds is 1. The maximum absolute atomic E-state index is 12.0. The van der Waals surface area contributed by atoms with Crippen LogP contribution >= 0.6 is 0 Å². The summed E-state index contributed by atoms with van der Waals surface area (Å²) in [6.45, 7) is 6.18. The summed E-state index contributed by atoms with van der Waals surface area (Å²) in [5.41, 5.74) is -0.315. The van der Waals surface area contributed by atoms with Gasteiger partial charge in [-0.25, -0.2) is 4.79 Å². The van der Waals surface area contributed by atoms with Gasteiger partial charge in [0.05, 0.1) is 5.54 Å². The number of nitrogens with zero attached hydrogens (tertiary/aromatic N) is 1. The zero-order chi connectivity index (χ0) is 11.3. The first-order chi connectivity index (χ1) is 6.88.